The lowest BCUT2D eigenvalue weighted by atomic mass is 10.3. The van der Waals surface area contributed by atoms with Gasteiger partial charge in [-0.3, -0.25) is 9.88 Å². The SMILES string of the molecule is C=C(C)CN(C)Cc1ccc(N)cn1. The number of hydrogen-bond acceptors (Lipinski definition) is 3. The summed E-state index contributed by atoms with van der Waals surface area (Å²) in [4.78, 5) is 6.40. The van der Waals surface area contributed by atoms with Crippen molar-refractivity contribution in [2.75, 3.05) is 19.3 Å². The molecule has 1 rings (SSSR count). The molecule has 2 N–H and O–H groups in total. The third kappa shape index (κ3) is 3.58. The molecule has 0 radical (unpaired) electrons. The van der Waals surface area contributed by atoms with Gasteiger partial charge < -0.3 is 5.73 Å². The Morgan fingerprint density at radius 1 is 1.57 bits per heavy atom. The maximum atomic E-state index is 5.55. The van der Waals surface area contributed by atoms with Crippen LogP contribution in [0.1, 0.15) is 12.6 Å². The highest BCUT2D eigenvalue weighted by atomic mass is 15.1. The van der Waals surface area contributed by atoms with E-state index >= 15 is 0 Å². The molecule has 14 heavy (non-hydrogen) atoms. The Morgan fingerprint density at radius 3 is 2.79 bits per heavy atom. The summed E-state index contributed by atoms with van der Waals surface area (Å²) in [6.07, 6.45) is 1.68. The third-order valence-electron chi connectivity index (χ3n) is 1.82. The number of pyridine rings is 1. The van der Waals surface area contributed by atoms with E-state index in [2.05, 4.69) is 16.5 Å². The lowest BCUT2D eigenvalue weighted by Gasteiger charge is -2.15. The molecule has 3 nitrogen and oxygen atoms in total. The summed E-state index contributed by atoms with van der Waals surface area (Å²) in [6, 6.07) is 3.82. The number of hydrogen-bond donors (Lipinski definition) is 1. The Balaban J connectivity index is 2.51. The minimum absolute atomic E-state index is 0.705. The van der Waals surface area contributed by atoms with Crippen molar-refractivity contribution in [3.8, 4) is 0 Å². The number of rotatable bonds is 4. The molecule has 0 fully saturated rings. The smallest absolute Gasteiger partial charge is 0.0545 e. The van der Waals surface area contributed by atoms with E-state index in [9.17, 15) is 0 Å². The average Bonchev–Trinajstić information content (AvgIpc) is 2.07. The molecule has 0 aromatic carbocycles. The number of nitrogens with two attached hydrogens (primary N) is 1. The molecule has 1 aromatic rings. The van der Waals surface area contributed by atoms with Crippen molar-refractivity contribution in [3.05, 3.63) is 36.2 Å². The highest BCUT2D eigenvalue weighted by Gasteiger charge is 2.00. The van der Waals surface area contributed by atoms with Crippen LogP contribution in [0.3, 0.4) is 0 Å². The van der Waals surface area contributed by atoms with Gasteiger partial charge in [-0.25, -0.2) is 0 Å². The monoisotopic (exact) mass is 191 g/mol. The fraction of sp³-hybridized carbons (Fsp3) is 0.364. The molecule has 0 saturated heterocycles. The molecule has 1 aromatic heterocycles. The van der Waals surface area contributed by atoms with Crippen molar-refractivity contribution in [3.63, 3.8) is 0 Å². The van der Waals surface area contributed by atoms with Crippen LogP contribution < -0.4 is 5.73 Å². The summed E-state index contributed by atoms with van der Waals surface area (Å²) in [7, 11) is 2.05. The number of likely N-dealkylation sites (N-methyl/N-ethyl adjacent to an activating group) is 1. The normalized spacial score (nSPS) is 10.5. The summed E-state index contributed by atoms with van der Waals surface area (Å²) in [6.45, 7) is 7.61. The minimum atomic E-state index is 0.705. The highest BCUT2D eigenvalue weighted by Crippen LogP contribution is 2.04. The van der Waals surface area contributed by atoms with Gasteiger partial charge in [-0.05, 0) is 26.1 Å². The van der Waals surface area contributed by atoms with Crippen LogP contribution in [0.4, 0.5) is 5.69 Å². The van der Waals surface area contributed by atoms with Crippen molar-refractivity contribution in [2.24, 2.45) is 0 Å². The van der Waals surface area contributed by atoms with Crippen LogP contribution in [0.5, 0.6) is 0 Å². The summed E-state index contributed by atoms with van der Waals surface area (Å²) in [5.41, 5.74) is 8.44. The molecular formula is C11H17N3. The van der Waals surface area contributed by atoms with Crippen molar-refractivity contribution >= 4 is 5.69 Å². The topological polar surface area (TPSA) is 42.1 Å². The fourth-order valence-electron chi connectivity index (χ4n) is 1.32. The van der Waals surface area contributed by atoms with Crippen molar-refractivity contribution < 1.29 is 0 Å². The second kappa shape index (κ2) is 4.77. The fourth-order valence-corrected chi connectivity index (χ4v) is 1.32. The molecule has 0 bridgehead atoms. The van der Waals surface area contributed by atoms with Crippen LogP contribution in [-0.4, -0.2) is 23.5 Å². The molecule has 1 heterocycles. The largest absolute Gasteiger partial charge is 0.397 e. The standard InChI is InChI=1S/C11H17N3/c1-9(2)7-14(3)8-11-5-4-10(12)6-13-11/h4-6H,1,7-8,12H2,2-3H3. The lowest BCUT2D eigenvalue weighted by molar-refractivity contribution is 0.351. The Morgan fingerprint density at radius 2 is 2.29 bits per heavy atom. The van der Waals surface area contributed by atoms with Crippen LogP contribution in [-0.2, 0) is 6.54 Å². The summed E-state index contributed by atoms with van der Waals surface area (Å²) < 4.78 is 0. The van der Waals surface area contributed by atoms with Gasteiger partial charge in [0.1, 0.15) is 0 Å². The lowest BCUT2D eigenvalue weighted by Crippen LogP contribution is -2.20. The first-order valence-electron chi connectivity index (χ1n) is 4.61. The van der Waals surface area contributed by atoms with Gasteiger partial charge in [-0.2, -0.15) is 0 Å². The van der Waals surface area contributed by atoms with E-state index < -0.39 is 0 Å². The summed E-state index contributed by atoms with van der Waals surface area (Å²) in [5, 5.41) is 0. The minimum Gasteiger partial charge on any atom is -0.397 e. The third-order valence-corrected chi connectivity index (χ3v) is 1.82. The Kier molecular flexibility index (Phi) is 3.65. The van der Waals surface area contributed by atoms with Gasteiger partial charge in [-0.1, -0.05) is 12.2 Å². The van der Waals surface area contributed by atoms with Crippen molar-refractivity contribution in [1.29, 1.82) is 0 Å². The van der Waals surface area contributed by atoms with E-state index in [4.69, 9.17) is 5.73 Å². The van der Waals surface area contributed by atoms with Crippen LogP contribution in [0, 0.1) is 0 Å². The highest BCUT2D eigenvalue weighted by molar-refractivity contribution is 5.34. The number of anilines is 1. The first-order valence-corrected chi connectivity index (χ1v) is 4.61. The van der Waals surface area contributed by atoms with E-state index in [1.807, 2.05) is 26.1 Å². The molecular weight excluding hydrogens is 174 g/mol. The Labute approximate surface area is 85.3 Å². The first kappa shape index (κ1) is 10.7. The van der Waals surface area contributed by atoms with Crippen molar-refractivity contribution in [2.45, 2.75) is 13.5 Å². The molecule has 76 valence electrons. The molecule has 3 heteroatoms. The summed E-state index contributed by atoms with van der Waals surface area (Å²) >= 11 is 0. The van der Waals surface area contributed by atoms with Gasteiger partial charge >= 0.3 is 0 Å². The van der Waals surface area contributed by atoms with Gasteiger partial charge in [0.05, 0.1) is 17.6 Å². The van der Waals surface area contributed by atoms with E-state index in [1.165, 1.54) is 0 Å². The van der Waals surface area contributed by atoms with Gasteiger partial charge in [0, 0.05) is 13.1 Å². The second-order valence-electron chi connectivity index (χ2n) is 3.71. The van der Waals surface area contributed by atoms with Gasteiger partial charge in [0.2, 0.25) is 0 Å². The zero-order valence-corrected chi connectivity index (χ0v) is 8.83. The van der Waals surface area contributed by atoms with E-state index in [0.717, 1.165) is 24.4 Å². The molecule has 0 atom stereocenters. The predicted molar refractivity (Wildman–Crippen MR) is 59.8 cm³/mol. The molecule has 0 saturated carbocycles. The molecule has 0 unspecified atom stereocenters. The number of aromatic nitrogens is 1. The van der Waals surface area contributed by atoms with Crippen LogP contribution in [0.2, 0.25) is 0 Å². The van der Waals surface area contributed by atoms with Gasteiger partial charge in [0.15, 0.2) is 0 Å². The number of nitrogens with zero attached hydrogens (tertiary/aromatic N) is 2. The van der Waals surface area contributed by atoms with Crippen molar-refractivity contribution in [1.82, 2.24) is 9.88 Å². The molecule has 0 aliphatic heterocycles. The first-order chi connectivity index (χ1) is 6.58. The average molecular weight is 191 g/mol. The Bertz CT molecular complexity index is 303. The maximum Gasteiger partial charge on any atom is 0.0545 e. The van der Waals surface area contributed by atoms with E-state index in [0.29, 0.717) is 5.69 Å². The quantitative estimate of drug-likeness (QED) is 0.736. The van der Waals surface area contributed by atoms with Gasteiger partial charge in [-0.15, -0.1) is 0 Å². The summed E-state index contributed by atoms with van der Waals surface area (Å²) in [5.74, 6) is 0. The van der Waals surface area contributed by atoms with E-state index in [-0.39, 0.29) is 0 Å². The zero-order valence-electron chi connectivity index (χ0n) is 8.83. The predicted octanol–water partition coefficient (Wildman–Crippen LogP) is 1.67. The van der Waals surface area contributed by atoms with Crippen LogP contribution >= 0.6 is 0 Å². The van der Waals surface area contributed by atoms with Crippen LogP contribution in [0.15, 0.2) is 30.5 Å². The van der Waals surface area contributed by atoms with Gasteiger partial charge in [0.25, 0.3) is 0 Å². The molecule has 0 aliphatic carbocycles. The molecule has 0 spiro atoms. The maximum absolute atomic E-state index is 5.55. The zero-order chi connectivity index (χ0) is 10.6. The number of nitrogen functional groups attached to an aromatic ring is 1. The Hall–Kier alpha value is -1.35. The van der Waals surface area contributed by atoms with E-state index in [1.54, 1.807) is 6.20 Å². The van der Waals surface area contributed by atoms with Crippen LogP contribution in [0.25, 0.3) is 0 Å². The second-order valence-corrected chi connectivity index (χ2v) is 3.71. The molecule has 0 amide bonds. The molecule has 0 aliphatic rings.